The highest BCUT2D eigenvalue weighted by Crippen LogP contribution is 2.22. The summed E-state index contributed by atoms with van der Waals surface area (Å²) in [5, 5.41) is 9.99. The number of nitrogens with zero attached hydrogens (tertiary/aromatic N) is 1. The second kappa shape index (κ2) is 4.63. The number of nitrogen functional groups attached to an aromatic ring is 1. The molecule has 0 saturated carbocycles. The predicted molar refractivity (Wildman–Crippen MR) is 65.9 cm³/mol. The van der Waals surface area contributed by atoms with Gasteiger partial charge in [-0.3, -0.25) is 4.90 Å². The lowest BCUT2D eigenvalue weighted by Crippen LogP contribution is -2.45. The zero-order valence-corrected chi connectivity index (χ0v) is 10.1. The summed E-state index contributed by atoms with van der Waals surface area (Å²) < 4.78 is 13.2. The number of anilines is 1. The minimum Gasteiger partial charge on any atom is -0.399 e. The standard InChI is InChI=1S/C13H19FN2O/c1-13(17)3-2-4-16(9-13)8-10-5-11(14)7-12(15)6-10/h5-7,17H,2-4,8-9,15H2,1H3. The Bertz CT molecular complexity index is 386. The van der Waals surface area contributed by atoms with Gasteiger partial charge in [0, 0.05) is 18.8 Å². The van der Waals surface area contributed by atoms with Crippen LogP contribution in [0.25, 0.3) is 0 Å². The van der Waals surface area contributed by atoms with Gasteiger partial charge in [0.1, 0.15) is 5.82 Å². The molecule has 1 aromatic rings. The van der Waals surface area contributed by atoms with Crippen molar-refractivity contribution in [2.75, 3.05) is 18.8 Å². The Balaban J connectivity index is 2.05. The number of nitrogens with two attached hydrogens (primary N) is 1. The van der Waals surface area contributed by atoms with Gasteiger partial charge in [-0.25, -0.2) is 4.39 Å². The van der Waals surface area contributed by atoms with Crippen molar-refractivity contribution >= 4 is 5.69 Å². The summed E-state index contributed by atoms with van der Waals surface area (Å²) in [5.74, 6) is -0.302. The third-order valence-electron chi connectivity index (χ3n) is 3.14. The molecule has 0 aliphatic carbocycles. The van der Waals surface area contributed by atoms with E-state index in [0.717, 1.165) is 24.9 Å². The summed E-state index contributed by atoms with van der Waals surface area (Å²) in [6, 6.07) is 4.60. The Labute approximate surface area is 101 Å². The topological polar surface area (TPSA) is 49.5 Å². The largest absolute Gasteiger partial charge is 0.399 e. The third-order valence-corrected chi connectivity index (χ3v) is 3.14. The van der Waals surface area contributed by atoms with Crippen LogP contribution in [0, 0.1) is 5.82 Å². The highest BCUT2D eigenvalue weighted by Gasteiger charge is 2.28. The van der Waals surface area contributed by atoms with Gasteiger partial charge in [-0.05, 0) is 50.1 Å². The molecule has 1 saturated heterocycles. The van der Waals surface area contributed by atoms with Gasteiger partial charge in [-0.15, -0.1) is 0 Å². The number of benzene rings is 1. The Morgan fingerprint density at radius 1 is 1.47 bits per heavy atom. The lowest BCUT2D eigenvalue weighted by Gasteiger charge is -2.36. The average Bonchev–Trinajstić information content (AvgIpc) is 2.13. The summed E-state index contributed by atoms with van der Waals surface area (Å²) in [7, 11) is 0. The number of piperidine rings is 1. The van der Waals surface area contributed by atoms with Gasteiger partial charge in [0.25, 0.3) is 0 Å². The van der Waals surface area contributed by atoms with Crippen LogP contribution in [0.1, 0.15) is 25.3 Å². The van der Waals surface area contributed by atoms with Crippen LogP contribution in [0.5, 0.6) is 0 Å². The van der Waals surface area contributed by atoms with E-state index in [2.05, 4.69) is 4.90 Å². The Hall–Kier alpha value is -1.13. The molecule has 1 heterocycles. The summed E-state index contributed by atoms with van der Waals surface area (Å²) in [5.41, 5.74) is 6.29. The zero-order chi connectivity index (χ0) is 12.5. The molecule has 3 N–H and O–H groups in total. The van der Waals surface area contributed by atoms with Crippen LogP contribution in [-0.4, -0.2) is 28.7 Å². The maximum Gasteiger partial charge on any atom is 0.125 e. The number of hydrogen-bond acceptors (Lipinski definition) is 3. The molecule has 4 heteroatoms. The summed E-state index contributed by atoms with van der Waals surface area (Å²) in [4.78, 5) is 2.14. The van der Waals surface area contributed by atoms with Gasteiger partial charge < -0.3 is 10.8 Å². The van der Waals surface area contributed by atoms with Gasteiger partial charge in [0.05, 0.1) is 5.60 Å². The van der Waals surface area contributed by atoms with E-state index in [1.807, 2.05) is 6.92 Å². The Kier molecular flexibility index (Phi) is 3.35. The summed E-state index contributed by atoms with van der Waals surface area (Å²) in [6.07, 6.45) is 1.80. The predicted octanol–water partition coefficient (Wildman–Crippen LogP) is 1.75. The molecular formula is C13H19FN2O. The number of hydrogen-bond donors (Lipinski definition) is 2. The fourth-order valence-electron chi connectivity index (χ4n) is 2.48. The molecule has 17 heavy (non-hydrogen) atoms. The van der Waals surface area contributed by atoms with Gasteiger partial charge in [-0.1, -0.05) is 0 Å². The first kappa shape index (κ1) is 12.3. The first-order valence-corrected chi connectivity index (χ1v) is 5.94. The molecule has 1 unspecified atom stereocenters. The second-order valence-corrected chi connectivity index (χ2v) is 5.20. The number of likely N-dealkylation sites (tertiary alicyclic amines) is 1. The van der Waals surface area contributed by atoms with E-state index in [1.54, 1.807) is 6.07 Å². The van der Waals surface area contributed by atoms with Crippen molar-refractivity contribution in [1.82, 2.24) is 4.90 Å². The molecule has 3 nitrogen and oxygen atoms in total. The minimum absolute atomic E-state index is 0.302. The average molecular weight is 238 g/mol. The maximum absolute atomic E-state index is 13.2. The molecule has 0 amide bonds. The van der Waals surface area contributed by atoms with E-state index in [4.69, 9.17) is 5.73 Å². The van der Waals surface area contributed by atoms with Crippen molar-refractivity contribution in [1.29, 1.82) is 0 Å². The van der Waals surface area contributed by atoms with Crippen LogP contribution < -0.4 is 5.73 Å². The highest BCUT2D eigenvalue weighted by atomic mass is 19.1. The van der Waals surface area contributed by atoms with Crippen LogP contribution in [0.3, 0.4) is 0 Å². The second-order valence-electron chi connectivity index (χ2n) is 5.20. The van der Waals surface area contributed by atoms with Gasteiger partial charge in [0.15, 0.2) is 0 Å². The monoisotopic (exact) mass is 238 g/mol. The Morgan fingerprint density at radius 2 is 2.24 bits per heavy atom. The van der Waals surface area contributed by atoms with Crippen molar-refractivity contribution in [2.45, 2.75) is 31.9 Å². The number of β-amino-alcohol motifs (C(OH)–C–C–N with tert-alkyl or cyclic N) is 1. The van der Waals surface area contributed by atoms with E-state index in [1.165, 1.54) is 12.1 Å². The molecule has 1 atom stereocenters. The van der Waals surface area contributed by atoms with Crippen molar-refractivity contribution in [2.24, 2.45) is 0 Å². The normalized spacial score (nSPS) is 26.1. The molecule has 1 aliphatic heterocycles. The van der Waals surface area contributed by atoms with Crippen molar-refractivity contribution in [3.05, 3.63) is 29.6 Å². The SMILES string of the molecule is CC1(O)CCCN(Cc2cc(N)cc(F)c2)C1. The lowest BCUT2D eigenvalue weighted by molar-refractivity contribution is -0.0181. The number of halogens is 1. The van der Waals surface area contributed by atoms with E-state index in [9.17, 15) is 9.50 Å². The summed E-state index contributed by atoms with van der Waals surface area (Å²) >= 11 is 0. The molecule has 0 radical (unpaired) electrons. The van der Waals surface area contributed by atoms with Crippen molar-refractivity contribution in [3.63, 3.8) is 0 Å². The molecule has 1 fully saturated rings. The first-order chi connectivity index (χ1) is 7.94. The molecule has 94 valence electrons. The number of aliphatic hydroxyl groups is 1. The molecule has 0 bridgehead atoms. The minimum atomic E-state index is -0.628. The van der Waals surface area contributed by atoms with E-state index in [0.29, 0.717) is 18.8 Å². The smallest absolute Gasteiger partial charge is 0.125 e. The molecule has 0 spiro atoms. The number of rotatable bonds is 2. The fourth-order valence-corrected chi connectivity index (χ4v) is 2.48. The van der Waals surface area contributed by atoms with Crippen molar-refractivity contribution in [3.8, 4) is 0 Å². The van der Waals surface area contributed by atoms with E-state index >= 15 is 0 Å². The van der Waals surface area contributed by atoms with Crippen LogP contribution in [0.2, 0.25) is 0 Å². The third kappa shape index (κ3) is 3.41. The molecule has 1 aromatic carbocycles. The van der Waals surface area contributed by atoms with Crippen LogP contribution in [-0.2, 0) is 6.54 Å². The van der Waals surface area contributed by atoms with Crippen molar-refractivity contribution < 1.29 is 9.50 Å². The van der Waals surface area contributed by atoms with E-state index < -0.39 is 5.60 Å². The first-order valence-electron chi connectivity index (χ1n) is 5.94. The van der Waals surface area contributed by atoms with Crippen LogP contribution in [0.4, 0.5) is 10.1 Å². The maximum atomic E-state index is 13.2. The molecule has 1 aliphatic rings. The molecule has 2 rings (SSSR count). The summed E-state index contributed by atoms with van der Waals surface area (Å²) in [6.45, 7) is 4.05. The van der Waals surface area contributed by atoms with Gasteiger partial charge >= 0.3 is 0 Å². The quantitative estimate of drug-likeness (QED) is 0.772. The van der Waals surface area contributed by atoms with E-state index in [-0.39, 0.29) is 5.82 Å². The van der Waals surface area contributed by atoms with Crippen LogP contribution in [0.15, 0.2) is 18.2 Å². The fraction of sp³-hybridized carbons (Fsp3) is 0.538. The lowest BCUT2D eigenvalue weighted by atomic mass is 9.95. The highest BCUT2D eigenvalue weighted by molar-refractivity contribution is 5.41. The molecular weight excluding hydrogens is 219 g/mol. The Morgan fingerprint density at radius 3 is 2.88 bits per heavy atom. The van der Waals surface area contributed by atoms with Gasteiger partial charge in [0.2, 0.25) is 0 Å². The van der Waals surface area contributed by atoms with Gasteiger partial charge in [-0.2, -0.15) is 0 Å². The molecule has 0 aromatic heterocycles. The van der Waals surface area contributed by atoms with Crippen LogP contribution >= 0.6 is 0 Å². The zero-order valence-electron chi connectivity index (χ0n) is 10.1.